The monoisotopic (exact) mass is 232 g/mol. The largest absolute Gasteiger partial charge is 0.444 e. The maximum Gasteiger partial charge on any atom is 0.407 e. The lowest BCUT2D eigenvalue weighted by Gasteiger charge is -2.22. The Labute approximate surface area is 95.1 Å². The van der Waals surface area contributed by atoms with Gasteiger partial charge in [-0.3, -0.25) is 4.79 Å². The molecule has 6 heteroatoms. The number of aliphatic hydroxyl groups excluding tert-OH is 1. The van der Waals surface area contributed by atoms with Crippen LogP contribution in [0, 0.1) is 0 Å². The average Bonchev–Trinajstić information content (AvgIpc) is 2.08. The molecular formula is C10H20N2O4. The number of nitrogens with one attached hydrogen (secondary N) is 1. The molecule has 1 unspecified atom stereocenters. The number of aliphatic hydroxyl groups is 1. The van der Waals surface area contributed by atoms with Crippen molar-refractivity contribution in [3.05, 3.63) is 0 Å². The van der Waals surface area contributed by atoms with Crippen molar-refractivity contribution in [1.29, 1.82) is 0 Å². The fourth-order valence-electron chi connectivity index (χ4n) is 1.000. The van der Waals surface area contributed by atoms with Gasteiger partial charge in [-0.2, -0.15) is 0 Å². The second kappa shape index (κ2) is 6.32. The molecule has 0 rings (SSSR count). The molecule has 0 bridgehead atoms. The number of hydrogen-bond donors (Lipinski definition) is 3. The number of alkyl carbamates (subject to hydrolysis) is 1. The van der Waals surface area contributed by atoms with Gasteiger partial charge in [0.25, 0.3) is 0 Å². The number of hydrogen-bond acceptors (Lipinski definition) is 4. The Morgan fingerprint density at radius 3 is 2.38 bits per heavy atom. The molecule has 0 fully saturated rings. The predicted octanol–water partition coefficient (Wildman–Crippen LogP) is 0.138. The number of amides is 2. The quantitative estimate of drug-likeness (QED) is 0.627. The van der Waals surface area contributed by atoms with E-state index in [0.29, 0.717) is 6.42 Å². The maximum absolute atomic E-state index is 11.3. The van der Waals surface area contributed by atoms with E-state index in [0.717, 1.165) is 0 Å². The summed E-state index contributed by atoms with van der Waals surface area (Å²) in [6, 6.07) is -0.512. The van der Waals surface area contributed by atoms with E-state index in [2.05, 4.69) is 5.32 Å². The van der Waals surface area contributed by atoms with E-state index in [1.165, 1.54) is 0 Å². The molecule has 94 valence electrons. The standard InChI is InChI=1S/C10H20N2O4/c1-10(2,3)16-9(15)12-7(6-13)4-5-8(11)14/h7,13H,4-6H2,1-3H3,(H2,11,14)(H,12,15). The lowest BCUT2D eigenvalue weighted by atomic mass is 10.1. The van der Waals surface area contributed by atoms with E-state index in [4.69, 9.17) is 15.6 Å². The highest BCUT2D eigenvalue weighted by molar-refractivity contribution is 5.74. The minimum atomic E-state index is -0.615. The zero-order valence-corrected chi connectivity index (χ0v) is 9.95. The summed E-state index contributed by atoms with van der Waals surface area (Å²) < 4.78 is 5.00. The topological polar surface area (TPSA) is 102 Å². The summed E-state index contributed by atoms with van der Waals surface area (Å²) in [6.45, 7) is 4.96. The number of carbonyl (C=O) groups is 2. The van der Waals surface area contributed by atoms with Crippen molar-refractivity contribution in [2.24, 2.45) is 5.73 Å². The maximum atomic E-state index is 11.3. The number of nitrogens with two attached hydrogens (primary N) is 1. The van der Waals surface area contributed by atoms with Crippen LogP contribution in [0.3, 0.4) is 0 Å². The molecular weight excluding hydrogens is 212 g/mol. The molecule has 1 atom stereocenters. The van der Waals surface area contributed by atoms with Crippen LogP contribution >= 0.6 is 0 Å². The van der Waals surface area contributed by atoms with Gasteiger partial charge in [-0.05, 0) is 27.2 Å². The highest BCUT2D eigenvalue weighted by atomic mass is 16.6. The summed E-state index contributed by atoms with van der Waals surface area (Å²) in [5.41, 5.74) is 4.37. The molecule has 6 nitrogen and oxygen atoms in total. The highest BCUT2D eigenvalue weighted by Gasteiger charge is 2.19. The Morgan fingerprint density at radius 1 is 1.44 bits per heavy atom. The van der Waals surface area contributed by atoms with Gasteiger partial charge in [0.15, 0.2) is 0 Å². The van der Waals surface area contributed by atoms with E-state index in [1.54, 1.807) is 20.8 Å². The molecule has 0 aromatic heterocycles. The molecule has 0 saturated carbocycles. The first-order chi connectivity index (χ1) is 7.24. The molecule has 0 spiro atoms. The van der Waals surface area contributed by atoms with Crippen LogP contribution in [-0.2, 0) is 9.53 Å². The molecule has 16 heavy (non-hydrogen) atoms. The summed E-state index contributed by atoms with van der Waals surface area (Å²) in [4.78, 5) is 21.8. The molecule has 0 aliphatic carbocycles. The van der Waals surface area contributed by atoms with Crippen LogP contribution in [0.1, 0.15) is 33.6 Å². The van der Waals surface area contributed by atoms with Crippen LogP contribution in [0.5, 0.6) is 0 Å². The van der Waals surface area contributed by atoms with Gasteiger partial charge >= 0.3 is 6.09 Å². The van der Waals surface area contributed by atoms with Crippen LogP contribution in [0.15, 0.2) is 0 Å². The van der Waals surface area contributed by atoms with Crippen molar-refractivity contribution < 1.29 is 19.4 Å². The Bertz CT molecular complexity index is 248. The summed E-state index contributed by atoms with van der Waals surface area (Å²) in [7, 11) is 0. The molecule has 0 radical (unpaired) electrons. The number of ether oxygens (including phenoxy) is 1. The van der Waals surface area contributed by atoms with Crippen LogP contribution in [-0.4, -0.2) is 35.4 Å². The van der Waals surface area contributed by atoms with Crippen LogP contribution in [0.25, 0.3) is 0 Å². The molecule has 0 saturated heterocycles. The number of carbonyl (C=O) groups excluding carboxylic acids is 2. The molecule has 0 aliphatic heterocycles. The van der Waals surface area contributed by atoms with Gasteiger partial charge in [-0.15, -0.1) is 0 Å². The second-order valence-corrected chi connectivity index (χ2v) is 4.53. The highest BCUT2D eigenvalue weighted by Crippen LogP contribution is 2.07. The molecule has 4 N–H and O–H groups in total. The van der Waals surface area contributed by atoms with Gasteiger partial charge in [-0.25, -0.2) is 4.79 Å². The second-order valence-electron chi connectivity index (χ2n) is 4.53. The van der Waals surface area contributed by atoms with Gasteiger partial charge in [0.05, 0.1) is 12.6 Å². The molecule has 0 aromatic rings. The first-order valence-corrected chi connectivity index (χ1v) is 5.13. The number of primary amides is 1. The zero-order chi connectivity index (χ0) is 12.8. The van der Waals surface area contributed by atoms with Crippen molar-refractivity contribution in [2.75, 3.05) is 6.61 Å². The van der Waals surface area contributed by atoms with Crippen LogP contribution < -0.4 is 11.1 Å². The summed E-state index contributed by atoms with van der Waals surface area (Å²) in [6.07, 6.45) is -0.206. The molecule has 0 heterocycles. The fraction of sp³-hybridized carbons (Fsp3) is 0.800. The first kappa shape index (κ1) is 14.7. The smallest absolute Gasteiger partial charge is 0.407 e. The van der Waals surface area contributed by atoms with E-state index < -0.39 is 23.6 Å². The Morgan fingerprint density at radius 2 is 2.00 bits per heavy atom. The third-order valence-corrected chi connectivity index (χ3v) is 1.68. The van der Waals surface area contributed by atoms with Gasteiger partial charge in [0.2, 0.25) is 5.91 Å². The van der Waals surface area contributed by atoms with Crippen molar-refractivity contribution in [2.45, 2.75) is 45.3 Å². The SMILES string of the molecule is CC(C)(C)OC(=O)NC(CO)CCC(N)=O. The van der Waals surface area contributed by atoms with E-state index in [9.17, 15) is 9.59 Å². The van der Waals surface area contributed by atoms with Crippen LogP contribution in [0.4, 0.5) is 4.79 Å². The predicted molar refractivity (Wildman–Crippen MR) is 58.7 cm³/mol. The van der Waals surface area contributed by atoms with Crippen molar-refractivity contribution in [3.8, 4) is 0 Å². The average molecular weight is 232 g/mol. The van der Waals surface area contributed by atoms with Gasteiger partial charge in [0, 0.05) is 6.42 Å². The third kappa shape index (κ3) is 8.05. The van der Waals surface area contributed by atoms with Crippen molar-refractivity contribution in [3.63, 3.8) is 0 Å². The lowest BCUT2D eigenvalue weighted by Crippen LogP contribution is -2.41. The number of rotatable bonds is 5. The molecule has 2 amide bonds. The molecule has 0 aliphatic rings. The van der Waals surface area contributed by atoms with E-state index in [1.807, 2.05) is 0 Å². The lowest BCUT2D eigenvalue weighted by molar-refractivity contribution is -0.118. The summed E-state index contributed by atoms with van der Waals surface area (Å²) >= 11 is 0. The minimum Gasteiger partial charge on any atom is -0.444 e. The Kier molecular flexibility index (Phi) is 5.81. The zero-order valence-electron chi connectivity index (χ0n) is 9.95. The first-order valence-electron chi connectivity index (χ1n) is 5.13. The summed E-state index contributed by atoms with van der Waals surface area (Å²) in [5.74, 6) is -0.468. The van der Waals surface area contributed by atoms with Gasteiger partial charge in [0.1, 0.15) is 5.60 Å². The minimum absolute atomic E-state index is 0.112. The van der Waals surface area contributed by atoms with E-state index >= 15 is 0 Å². The summed E-state index contributed by atoms with van der Waals surface area (Å²) in [5, 5.41) is 11.4. The van der Waals surface area contributed by atoms with Crippen molar-refractivity contribution >= 4 is 12.0 Å². The van der Waals surface area contributed by atoms with Gasteiger partial charge in [-0.1, -0.05) is 0 Å². The Balaban J connectivity index is 4.02. The van der Waals surface area contributed by atoms with Crippen LogP contribution in [0.2, 0.25) is 0 Å². The molecule has 0 aromatic carbocycles. The van der Waals surface area contributed by atoms with Crippen molar-refractivity contribution in [1.82, 2.24) is 5.32 Å². The third-order valence-electron chi connectivity index (χ3n) is 1.68. The fourth-order valence-corrected chi connectivity index (χ4v) is 1.000. The van der Waals surface area contributed by atoms with E-state index in [-0.39, 0.29) is 13.0 Å². The van der Waals surface area contributed by atoms with Gasteiger partial charge < -0.3 is 20.9 Å². The Hall–Kier alpha value is -1.30. The normalized spacial score (nSPS) is 13.0.